The van der Waals surface area contributed by atoms with Gasteiger partial charge in [-0.05, 0) is 25.2 Å². The minimum absolute atomic E-state index is 0.0290. The molecule has 0 spiro atoms. The molecule has 0 radical (unpaired) electrons. The standard InChI is InChI=1S/C19H25N7O/c1-23-7-9-25(10-8-23)18(27)17-15-16(3-6-20-17)24-11-13-26(14-12-24)19-21-4-2-5-22-19/h2-6,15H,7-14H2,1H3. The van der Waals surface area contributed by atoms with Crippen LogP contribution in [0.2, 0.25) is 0 Å². The molecule has 2 aliphatic heterocycles. The normalized spacial score (nSPS) is 18.6. The van der Waals surface area contributed by atoms with E-state index in [1.807, 2.05) is 23.1 Å². The van der Waals surface area contributed by atoms with Gasteiger partial charge in [0.05, 0.1) is 0 Å². The Labute approximate surface area is 159 Å². The first-order chi connectivity index (χ1) is 13.2. The van der Waals surface area contributed by atoms with E-state index in [-0.39, 0.29) is 5.91 Å². The van der Waals surface area contributed by atoms with Gasteiger partial charge in [-0.3, -0.25) is 9.78 Å². The summed E-state index contributed by atoms with van der Waals surface area (Å²) in [5.74, 6) is 0.805. The molecule has 4 heterocycles. The molecule has 1 amide bonds. The highest BCUT2D eigenvalue weighted by Crippen LogP contribution is 2.19. The van der Waals surface area contributed by atoms with Crippen LogP contribution < -0.4 is 9.80 Å². The van der Waals surface area contributed by atoms with E-state index in [4.69, 9.17) is 0 Å². The Kier molecular flexibility index (Phi) is 5.15. The molecule has 4 rings (SSSR count). The van der Waals surface area contributed by atoms with E-state index in [0.29, 0.717) is 5.69 Å². The second kappa shape index (κ2) is 7.87. The van der Waals surface area contributed by atoms with Crippen molar-refractivity contribution in [3.05, 3.63) is 42.5 Å². The molecule has 2 aliphatic rings. The maximum absolute atomic E-state index is 12.8. The largest absolute Gasteiger partial charge is 0.368 e. The van der Waals surface area contributed by atoms with E-state index in [2.05, 4.69) is 36.7 Å². The van der Waals surface area contributed by atoms with Crippen molar-refractivity contribution in [3.63, 3.8) is 0 Å². The number of rotatable bonds is 3. The van der Waals surface area contributed by atoms with Crippen LogP contribution in [0.5, 0.6) is 0 Å². The topological polar surface area (TPSA) is 68.7 Å². The maximum Gasteiger partial charge on any atom is 0.272 e. The summed E-state index contributed by atoms with van der Waals surface area (Å²) in [6.45, 7) is 6.79. The van der Waals surface area contributed by atoms with E-state index in [9.17, 15) is 4.79 Å². The summed E-state index contributed by atoms with van der Waals surface area (Å²) >= 11 is 0. The Bertz CT molecular complexity index is 769. The number of anilines is 2. The molecule has 0 atom stereocenters. The molecule has 2 fully saturated rings. The molecule has 0 aromatic carbocycles. The number of piperazine rings is 2. The van der Waals surface area contributed by atoms with Gasteiger partial charge in [0.15, 0.2) is 0 Å². The third-order valence-electron chi connectivity index (χ3n) is 5.23. The van der Waals surface area contributed by atoms with Gasteiger partial charge in [-0.2, -0.15) is 0 Å². The van der Waals surface area contributed by atoms with Crippen molar-refractivity contribution in [2.24, 2.45) is 0 Å². The van der Waals surface area contributed by atoms with Crippen LogP contribution in [0.4, 0.5) is 11.6 Å². The molecule has 2 aromatic rings. The lowest BCUT2D eigenvalue weighted by Crippen LogP contribution is -2.48. The summed E-state index contributed by atoms with van der Waals surface area (Å²) in [5, 5.41) is 0. The lowest BCUT2D eigenvalue weighted by Gasteiger charge is -2.36. The molecule has 142 valence electrons. The number of likely N-dealkylation sites (N-methyl/N-ethyl adjacent to an activating group) is 1. The average Bonchev–Trinajstić information content (AvgIpc) is 2.75. The molecule has 27 heavy (non-hydrogen) atoms. The number of pyridine rings is 1. The van der Waals surface area contributed by atoms with Gasteiger partial charge in [0, 0.05) is 76.6 Å². The Hall–Kier alpha value is -2.74. The molecular weight excluding hydrogens is 342 g/mol. The Morgan fingerprint density at radius 2 is 1.52 bits per heavy atom. The fourth-order valence-electron chi connectivity index (χ4n) is 3.52. The predicted octanol–water partition coefficient (Wildman–Crippen LogP) is 0.586. The van der Waals surface area contributed by atoms with Crippen molar-refractivity contribution < 1.29 is 4.79 Å². The number of amides is 1. The van der Waals surface area contributed by atoms with Gasteiger partial charge in [-0.15, -0.1) is 0 Å². The highest BCUT2D eigenvalue weighted by atomic mass is 16.2. The van der Waals surface area contributed by atoms with Crippen molar-refractivity contribution in [2.45, 2.75) is 0 Å². The summed E-state index contributed by atoms with van der Waals surface area (Å²) in [7, 11) is 2.08. The Balaban J connectivity index is 1.40. The van der Waals surface area contributed by atoms with Crippen molar-refractivity contribution >= 4 is 17.5 Å². The van der Waals surface area contributed by atoms with E-state index in [1.54, 1.807) is 18.6 Å². The predicted molar refractivity (Wildman–Crippen MR) is 104 cm³/mol. The molecule has 8 nitrogen and oxygen atoms in total. The molecule has 0 bridgehead atoms. The smallest absolute Gasteiger partial charge is 0.272 e. The van der Waals surface area contributed by atoms with E-state index >= 15 is 0 Å². The van der Waals surface area contributed by atoms with Gasteiger partial charge in [-0.1, -0.05) is 0 Å². The molecule has 0 N–H and O–H groups in total. The van der Waals surface area contributed by atoms with E-state index < -0.39 is 0 Å². The molecule has 0 aliphatic carbocycles. The molecule has 0 unspecified atom stereocenters. The van der Waals surface area contributed by atoms with Crippen molar-refractivity contribution in [3.8, 4) is 0 Å². The molecule has 2 saturated heterocycles. The van der Waals surface area contributed by atoms with Gasteiger partial charge >= 0.3 is 0 Å². The van der Waals surface area contributed by atoms with Gasteiger partial charge in [0.25, 0.3) is 5.91 Å². The zero-order valence-electron chi connectivity index (χ0n) is 15.7. The minimum Gasteiger partial charge on any atom is -0.368 e. The lowest BCUT2D eigenvalue weighted by atomic mass is 10.2. The molecule has 0 saturated carbocycles. The quantitative estimate of drug-likeness (QED) is 0.786. The zero-order valence-corrected chi connectivity index (χ0v) is 15.7. The summed E-state index contributed by atoms with van der Waals surface area (Å²) in [4.78, 5) is 34.4. The summed E-state index contributed by atoms with van der Waals surface area (Å²) in [5.41, 5.74) is 1.59. The number of nitrogens with zero attached hydrogens (tertiary/aromatic N) is 7. The molecular formula is C19H25N7O. The second-order valence-corrected chi connectivity index (χ2v) is 7.02. The summed E-state index contributed by atoms with van der Waals surface area (Å²) in [6, 6.07) is 5.74. The molecule has 8 heteroatoms. The second-order valence-electron chi connectivity index (χ2n) is 7.02. The Morgan fingerprint density at radius 1 is 0.852 bits per heavy atom. The fourth-order valence-corrected chi connectivity index (χ4v) is 3.52. The number of carbonyl (C=O) groups excluding carboxylic acids is 1. The highest BCUT2D eigenvalue weighted by Gasteiger charge is 2.23. The van der Waals surface area contributed by atoms with Crippen molar-refractivity contribution in [2.75, 3.05) is 69.2 Å². The summed E-state index contributed by atoms with van der Waals surface area (Å²) < 4.78 is 0. The maximum atomic E-state index is 12.8. The van der Waals surface area contributed by atoms with Crippen LogP contribution in [0.25, 0.3) is 0 Å². The summed E-state index contributed by atoms with van der Waals surface area (Å²) in [6.07, 6.45) is 5.28. The molecule has 2 aromatic heterocycles. The van der Waals surface area contributed by atoms with Crippen LogP contribution in [0.15, 0.2) is 36.8 Å². The van der Waals surface area contributed by atoms with Crippen molar-refractivity contribution in [1.82, 2.24) is 24.8 Å². The highest BCUT2D eigenvalue weighted by molar-refractivity contribution is 5.93. The van der Waals surface area contributed by atoms with Crippen LogP contribution in [-0.2, 0) is 0 Å². The van der Waals surface area contributed by atoms with Crippen LogP contribution in [-0.4, -0.2) is 90.1 Å². The van der Waals surface area contributed by atoms with Crippen LogP contribution in [0.1, 0.15) is 10.5 Å². The van der Waals surface area contributed by atoms with Gasteiger partial charge < -0.3 is 19.6 Å². The third kappa shape index (κ3) is 4.00. The van der Waals surface area contributed by atoms with Crippen molar-refractivity contribution in [1.29, 1.82) is 0 Å². The van der Waals surface area contributed by atoms with Crippen LogP contribution in [0, 0.1) is 0 Å². The van der Waals surface area contributed by atoms with Crippen LogP contribution >= 0.6 is 0 Å². The van der Waals surface area contributed by atoms with E-state index in [1.165, 1.54) is 0 Å². The Morgan fingerprint density at radius 3 is 2.22 bits per heavy atom. The van der Waals surface area contributed by atoms with Crippen LogP contribution in [0.3, 0.4) is 0 Å². The van der Waals surface area contributed by atoms with E-state index in [0.717, 1.165) is 64.0 Å². The first-order valence-corrected chi connectivity index (χ1v) is 9.41. The number of hydrogen-bond donors (Lipinski definition) is 0. The van der Waals surface area contributed by atoms with Gasteiger partial charge in [0.2, 0.25) is 5.95 Å². The third-order valence-corrected chi connectivity index (χ3v) is 5.23. The first kappa shape index (κ1) is 17.7. The number of carbonyl (C=O) groups is 1. The SMILES string of the molecule is CN1CCN(C(=O)c2cc(N3CCN(c4ncccn4)CC3)ccn2)CC1. The van der Waals surface area contributed by atoms with Gasteiger partial charge in [0.1, 0.15) is 5.69 Å². The van der Waals surface area contributed by atoms with Gasteiger partial charge in [-0.25, -0.2) is 9.97 Å². The average molecular weight is 367 g/mol. The minimum atomic E-state index is 0.0290. The number of aromatic nitrogens is 3. The first-order valence-electron chi connectivity index (χ1n) is 9.41. The lowest BCUT2D eigenvalue weighted by molar-refractivity contribution is 0.0658. The zero-order chi connectivity index (χ0) is 18.6. The fraction of sp³-hybridized carbons (Fsp3) is 0.474. The monoisotopic (exact) mass is 367 g/mol. The number of hydrogen-bond acceptors (Lipinski definition) is 7.